The number of sulfonamides is 1. The molecule has 3 aromatic rings. The van der Waals surface area contributed by atoms with E-state index in [1.54, 1.807) is 38.1 Å². The number of rotatable bonds is 8. The number of hydrogen-bond donors (Lipinski definition) is 3. The molecule has 2 aromatic carbocycles. The summed E-state index contributed by atoms with van der Waals surface area (Å²) in [5.41, 5.74) is 5.97. The van der Waals surface area contributed by atoms with Crippen LogP contribution < -0.4 is 20.5 Å². The van der Waals surface area contributed by atoms with Crippen molar-refractivity contribution in [2.45, 2.75) is 29.2 Å². The molecule has 1 heterocycles. The predicted molar refractivity (Wildman–Crippen MR) is 120 cm³/mol. The van der Waals surface area contributed by atoms with Crippen LogP contribution in [0.25, 0.3) is 11.1 Å². The van der Waals surface area contributed by atoms with Crippen molar-refractivity contribution in [2.24, 2.45) is 11.7 Å². The molecule has 0 spiro atoms. The monoisotopic (exact) mass is 478 g/mol. The number of ether oxygens (including phenoxy) is 1. The lowest BCUT2D eigenvalue weighted by Crippen LogP contribution is -2.42. The zero-order chi connectivity index (χ0) is 23.5. The first-order chi connectivity index (χ1) is 15.1. The number of benzene rings is 2. The molecule has 0 saturated heterocycles. The molecular weight excluding hydrogens is 456 g/mol. The smallest absolute Gasteiger partial charge is 0.318 e. The van der Waals surface area contributed by atoms with Crippen LogP contribution in [0.5, 0.6) is 5.75 Å². The van der Waals surface area contributed by atoms with Crippen molar-refractivity contribution >= 4 is 50.5 Å². The molecule has 0 fully saturated rings. The second kappa shape index (κ2) is 9.49. The first kappa shape index (κ1) is 23.4. The zero-order valence-electron chi connectivity index (χ0n) is 17.5. The van der Waals surface area contributed by atoms with Crippen LogP contribution in [0, 0.1) is 5.92 Å². The van der Waals surface area contributed by atoms with Crippen molar-refractivity contribution < 1.29 is 27.2 Å². The van der Waals surface area contributed by atoms with E-state index in [2.05, 4.69) is 15.0 Å². The Labute approximate surface area is 188 Å². The number of fused-ring (bicyclic) bond motifs is 1. The molecule has 3 amide bonds. The molecule has 0 aliphatic carbocycles. The van der Waals surface area contributed by atoms with Crippen LogP contribution in [0.4, 0.5) is 10.5 Å². The number of nitrogens with two attached hydrogens (primary N) is 1. The van der Waals surface area contributed by atoms with Gasteiger partial charge in [-0.15, -0.1) is 0 Å². The Morgan fingerprint density at radius 1 is 1.19 bits per heavy atom. The number of para-hydroxylation sites is 2. The maximum Gasteiger partial charge on any atom is 0.318 e. The van der Waals surface area contributed by atoms with Crippen LogP contribution in [0.1, 0.15) is 13.8 Å². The van der Waals surface area contributed by atoms with Gasteiger partial charge < -0.3 is 14.9 Å². The van der Waals surface area contributed by atoms with Crippen LogP contribution in [-0.2, 0) is 14.8 Å². The SMILES string of the molecule is COc1ccccc1NS(=O)(=O)c1ccc2oc(SC(C(=O)NC(N)=O)C(C)C)nc2c1. The van der Waals surface area contributed by atoms with Gasteiger partial charge in [-0.1, -0.05) is 37.7 Å². The van der Waals surface area contributed by atoms with Crippen LogP contribution in [0.15, 0.2) is 57.0 Å². The number of aromatic nitrogens is 1. The third-order valence-corrected chi connectivity index (χ3v) is 7.09. The molecule has 170 valence electrons. The fourth-order valence-electron chi connectivity index (χ4n) is 2.83. The molecule has 0 aliphatic rings. The van der Waals surface area contributed by atoms with Gasteiger partial charge in [-0.05, 0) is 36.2 Å². The summed E-state index contributed by atoms with van der Waals surface area (Å²) in [6.45, 7) is 3.60. The van der Waals surface area contributed by atoms with E-state index >= 15 is 0 Å². The average molecular weight is 479 g/mol. The third kappa shape index (κ3) is 5.32. The lowest BCUT2D eigenvalue weighted by Gasteiger charge is -2.16. The van der Waals surface area contributed by atoms with Crippen LogP contribution in [0.3, 0.4) is 0 Å². The molecule has 10 nitrogen and oxygen atoms in total. The zero-order valence-corrected chi connectivity index (χ0v) is 19.1. The van der Waals surface area contributed by atoms with Crippen LogP contribution >= 0.6 is 11.8 Å². The van der Waals surface area contributed by atoms with Crippen molar-refractivity contribution in [3.05, 3.63) is 42.5 Å². The minimum absolute atomic E-state index is 0.0207. The lowest BCUT2D eigenvalue weighted by atomic mass is 10.1. The van der Waals surface area contributed by atoms with Gasteiger partial charge in [0.05, 0.1) is 22.9 Å². The maximum atomic E-state index is 12.9. The summed E-state index contributed by atoms with van der Waals surface area (Å²) in [6, 6.07) is 9.93. The number of oxazole rings is 1. The minimum Gasteiger partial charge on any atom is -0.495 e. The molecule has 1 aromatic heterocycles. The number of hydrogen-bond acceptors (Lipinski definition) is 8. The van der Waals surface area contributed by atoms with Crippen molar-refractivity contribution in [3.63, 3.8) is 0 Å². The van der Waals surface area contributed by atoms with Gasteiger partial charge in [0.15, 0.2) is 5.58 Å². The second-order valence-corrected chi connectivity index (χ2v) is 9.83. The average Bonchev–Trinajstić information content (AvgIpc) is 3.13. The first-order valence-electron chi connectivity index (χ1n) is 9.44. The van der Waals surface area contributed by atoms with E-state index in [9.17, 15) is 18.0 Å². The van der Waals surface area contributed by atoms with Crippen molar-refractivity contribution in [1.29, 1.82) is 0 Å². The van der Waals surface area contributed by atoms with E-state index in [-0.39, 0.29) is 16.0 Å². The molecule has 3 rings (SSSR count). The number of urea groups is 1. The number of thioether (sulfide) groups is 1. The molecule has 1 atom stereocenters. The molecule has 12 heteroatoms. The number of imide groups is 1. The summed E-state index contributed by atoms with van der Waals surface area (Å²) in [5, 5.41) is 1.52. The Balaban J connectivity index is 1.87. The van der Waals surface area contributed by atoms with E-state index in [1.807, 2.05) is 0 Å². The number of amides is 3. The summed E-state index contributed by atoms with van der Waals surface area (Å²) in [6.07, 6.45) is 0. The number of primary amides is 1. The number of nitrogens with zero attached hydrogens (tertiary/aromatic N) is 1. The topological polar surface area (TPSA) is 154 Å². The van der Waals surface area contributed by atoms with Gasteiger partial charge in [0.25, 0.3) is 15.2 Å². The van der Waals surface area contributed by atoms with Gasteiger partial charge in [0, 0.05) is 0 Å². The summed E-state index contributed by atoms with van der Waals surface area (Å²) >= 11 is 1.01. The van der Waals surface area contributed by atoms with Gasteiger partial charge in [-0.2, -0.15) is 0 Å². The number of nitrogens with one attached hydrogen (secondary N) is 2. The number of methoxy groups -OCH3 is 1. The van der Waals surface area contributed by atoms with Gasteiger partial charge in [0.2, 0.25) is 5.91 Å². The van der Waals surface area contributed by atoms with E-state index in [4.69, 9.17) is 14.9 Å². The number of anilines is 1. The molecule has 32 heavy (non-hydrogen) atoms. The van der Waals surface area contributed by atoms with Crippen molar-refractivity contribution in [1.82, 2.24) is 10.3 Å². The largest absolute Gasteiger partial charge is 0.495 e. The normalized spacial score (nSPS) is 12.5. The highest BCUT2D eigenvalue weighted by Gasteiger charge is 2.27. The van der Waals surface area contributed by atoms with Gasteiger partial charge in [-0.3, -0.25) is 14.8 Å². The van der Waals surface area contributed by atoms with E-state index in [1.165, 1.54) is 25.3 Å². The minimum atomic E-state index is -3.93. The quantitative estimate of drug-likeness (QED) is 0.418. The first-order valence-corrected chi connectivity index (χ1v) is 11.8. The Morgan fingerprint density at radius 3 is 2.56 bits per heavy atom. The maximum absolute atomic E-state index is 12.9. The van der Waals surface area contributed by atoms with Crippen molar-refractivity contribution in [3.8, 4) is 5.75 Å². The molecule has 0 aliphatic heterocycles. The van der Waals surface area contributed by atoms with E-state index < -0.39 is 27.2 Å². The highest BCUT2D eigenvalue weighted by molar-refractivity contribution is 8.00. The standard InChI is InChI=1S/C20H22N4O6S2/c1-11(2)17(18(25)23-19(21)26)31-20-22-14-10-12(8-9-16(14)30-20)32(27,28)24-13-6-4-5-7-15(13)29-3/h4-11,17,24H,1-3H3,(H3,21,23,25,26). The molecule has 0 saturated carbocycles. The van der Waals surface area contributed by atoms with E-state index in [0.29, 0.717) is 22.5 Å². The van der Waals surface area contributed by atoms with E-state index in [0.717, 1.165) is 11.8 Å². The Bertz CT molecular complexity index is 1260. The highest BCUT2D eigenvalue weighted by Crippen LogP contribution is 2.32. The van der Waals surface area contributed by atoms with Crippen molar-refractivity contribution in [2.75, 3.05) is 11.8 Å². The third-order valence-electron chi connectivity index (χ3n) is 4.34. The molecule has 1 unspecified atom stereocenters. The molecular formula is C20H22N4O6S2. The molecule has 0 bridgehead atoms. The highest BCUT2D eigenvalue weighted by atomic mass is 32.2. The van der Waals surface area contributed by atoms with Crippen LogP contribution in [0.2, 0.25) is 0 Å². The summed E-state index contributed by atoms with van der Waals surface area (Å²) in [7, 11) is -2.48. The fourth-order valence-corrected chi connectivity index (χ4v) is 4.86. The summed E-state index contributed by atoms with van der Waals surface area (Å²) in [5.74, 6) is -0.342. The molecule has 4 N–H and O–H groups in total. The fraction of sp³-hybridized carbons (Fsp3) is 0.250. The number of carbonyl (C=O) groups is 2. The van der Waals surface area contributed by atoms with Gasteiger partial charge in [0.1, 0.15) is 11.3 Å². The van der Waals surface area contributed by atoms with Crippen LogP contribution in [-0.4, -0.2) is 37.7 Å². The Morgan fingerprint density at radius 2 is 1.91 bits per heavy atom. The Hall–Kier alpha value is -3.25. The lowest BCUT2D eigenvalue weighted by molar-refractivity contribution is -0.120. The summed E-state index contributed by atoms with van der Waals surface area (Å²) < 4.78 is 39.0. The van der Waals surface area contributed by atoms with Gasteiger partial charge >= 0.3 is 6.03 Å². The summed E-state index contributed by atoms with van der Waals surface area (Å²) in [4.78, 5) is 27.5. The second-order valence-electron chi connectivity index (χ2n) is 7.05. The molecule has 0 radical (unpaired) electrons. The predicted octanol–water partition coefficient (Wildman–Crippen LogP) is 2.95. The Kier molecular flexibility index (Phi) is 6.94. The number of carbonyl (C=O) groups excluding carboxylic acids is 2. The van der Waals surface area contributed by atoms with Gasteiger partial charge in [-0.25, -0.2) is 18.2 Å².